The van der Waals surface area contributed by atoms with Crippen LogP contribution >= 0.6 is 11.6 Å². The van der Waals surface area contributed by atoms with Crippen LogP contribution in [0.1, 0.15) is 10.4 Å². The van der Waals surface area contributed by atoms with Gasteiger partial charge in [0.25, 0.3) is 5.91 Å². The normalized spacial score (nSPS) is 12.1. The molecule has 1 aromatic carbocycles. The number of carboxylic acid groups (broad SMARTS) is 1. The molecule has 1 heterocycles. The molecule has 0 aliphatic heterocycles. The lowest BCUT2D eigenvalue weighted by atomic mass is 10.1. The summed E-state index contributed by atoms with van der Waals surface area (Å²) in [6.45, 7) is -0.384. The van der Waals surface area contributed by atoms with Crippen molar-refractivity contribution < 1.29 is 19.8 Å². The fourth-order valence-corrected chi connectivity index (χ4v) is 1.92. The summed E-state index contributed by atoms with van der Waals surface area (Å²) in [6.07, 6.45) is -0.335. The molecule has 20 heavy (non-hydrogen) atoms. The summed E-state index contributed by atoms with van der Waals surface area (Å²) in [6, 6.07) is 6.96. The van der Waals surface area contributed by atoms with Gasteiger partial charge in [0.1, 0.15) is 5.15 Å². The number of carboxylic acids is 1. The zero-order valence-electron chi connectivity index (χ0n) is 10.2. The molecule has 0 aliphatic rings. The van der Waals surface area contributed by atoms with Crippen molar-refractivity contribution in [2.75, 3.05) is 6.54 Å². The molecule has 1 aromatic heterocycles. The van der Waals surface area contributed by atoms with Crippen molar-refractivity contribution in [2.24, 2.45) is 0 Å². The van der Waals surface area contributed by atoms with E-state index in [0.717, 1.165) is 0 Å². The number of pyridine rings is 1. The highest BCUT2D eigenvalue weighted by atomic mass is 35.5. The van der Waals surface area contributed by atoms with Crippen LogP contribution in [0, 0.1) is 0 Å². The van der Waals surface area contributed by atoms with Gasteiger partial charge < -0.3 is 15.5 Å². The Morgan fingerprint density at radius 2 is 1.95 bits per heavy atom. The molecule has 1 amide bonds. The Morgan fingerprint density at radius 1 is 1.30 bits per heavy atom. The smallest absolute Gasteiger partial charge is 0.334 e. The first-order chi connectivity index (χ1) is 9.50. The van der Waals surface area contributed by atoms with E-state index >= 15 is 0 Å². The highest BCUT2D eigenvalue weighted by Gasteiger charge is 2.17. The summed E-state index contributed by atoms with van der Waals surface area (Å²) in [4.78, 5) is 26.4. The van der Waals surface area contributed by atoms with Crippen LogP contribution in [0.5, 0.6) is 0 Å². The zero-order chi connectivity index (χ0) is 14.7. The molecule has 6 nitrogen and oxygen atoms in total. The molecule has 2 rings (SSSR count). The highest BCUT2D eigenvalue weighted by molar-refractivity contribution is 6.34. The molecular formula is C13H11ClN2O4. The summed E-state index contributed by atoms with van der Waals surface area (Å²) in [5, 5.41) is 21.5. The molecule has 0 bridgehead atoms. The first-order valence-electron chi connectivity index (χ1n) is 5.73. The largest absolute Gasteiger partial charge is 0.479 e. The minimum absolute atomic E-state index is 0.266. The predicted molar refractivity (Wildman–Crippen MR) is 72.7 cm³/mol. The van der Waals surface area contributed by atoms with Crippen LogP contribution in [-0.2, 0) is 4.79 Å². The maximum Gasteiger partial charge on any atom is 0.334 e. The maximum atomic E-state index is 12.0. The van der Waals surface area contributed by atoms with E-state index in [1.165, 1.54) is 6.20 Å². The van der Waals surface area contributed by atoms with Gasteiger partial charge >= 0.3 is 5.97 Å². The van der Waals surface area contributed by atoms with Crippen LogP contribution in [0.25, 0.3) is 10.8 Å². The number of fused-ring (bicyclic) bond motifs is 1. The number of aromatic nitrogens is 1. The van der Waals surface area contributed by atoms with E-state index in [-0.39, 0.29) is 17.3 Å². The van der Waals surface area contributed by atoms with Crippen LogP contribution in [0.15, 0.2) is 30.5 Å². The van der Waals surface area contributed by atoms with Crippen molar-refractivity contribution in [1.82, 2.24) is 10.3 Å². The summed E-state index contributed by atoms with van der Waals surface area (Å²) in [5.74, 6) is -1.92. The number of carbonyl (C=O) groups excluding carboxylic acids is 1. The number of hydrogen-bond donors (Lipinski definition) is 3. The van der Waals surface area contributed by atoms with Crippen molar-refractivity contribution in [3.63, 3.8) is 0 Å². The van der Waals surface area contributed by atoms with Crippen LogP contribution in [0.2, 0.25) is 5.15 Å². The van der Waals surface area contributed by atoms with Gasteiger partial charge in [-0.3, -0.25) is 4.79 Å². The topological polar surface area (TPSA) is 99.5 Å². The number of amides is 1. The Hall–Kier alpha value is -2.18. The van der Waals surface area contributed by atoms with Crippen LogP contribution < -0.4 is 5.32 Å². The van der Waals surface area contributed by atoms with E-state index in [1.54, 1.807) is 24.3 Å². The average molecular weight is 295 g/mol. The highest BCUT2D eigenvalue weighted by Crippen LogP contribution is 2.23. The number of hydrogen-bond acceptors (Lipinski definition) is 4. The first kappa shape index (κ1) is 14.2. The lowest BCUT2D eigenvalue weighted by Crippen LogP contribution is -2.36. The summed E-state index contributed by atoms with van der Waals surface area (Å²) >= 11 is 5.94. The minimum atomic E-state index is -1.65. The van der Waals surface area contributed by atoms with E-state index in [1.807, 2.05) is 0 Å². The third-order valence-electron chi connectivity index (χ3n) is 2.73. The van der Waals surface area contributed by atoms with Crippen molar-refractivity contribution in [3.8, 4) is 0 Å². The summed E-state index contributed by atoms with van der Waals surface area (Å²) in [5.41, 5.74) is 0.266. The molecule has 0 spiro atoms. The molecule has 0 saturated carbocycles. The number of carbonyl (C=O) groups is 2. The molecular weight excluding hydrogens is 284 g/mol. The van der Waals surface area contributed by atoms with Crippen LogP contribution in [-0.4, -0.2) is 39.7 Å². The van der Waals surface area contributed by atoms with Gasteiger partial charge in [-0.2, -0.15) is 0 Å². The van der Waals surface area contributed by atoms with Gasteiger partial charge in [-0.1, -0.05) is 35.9 Å². The Kier molecular flexibility index (Phi) is 4.16. The molecule has 3 N–H and O–H groups in total. The Morgan fingerprint density at radius 3 is 2.60 bits per heavy atom. The molecule has 1 atom stereocenters. The second kappa shape index (κ2) is 5.85. The van der Waals surface area contributed by atoms with Crippen LogP contribution in [0.3, 0.4) is 0 Å². The molecule has 1 unspecified atom stereocenters. The first-order valence-corrected chi connectivity index (χ1v) is 6.11. The summed E-state index contributed by atoms with van der Waals surface area (Å²) < 4.78 is 0. The molecule has 0 saturated heterocycles. The van der Waals surface area contributed by atoms with Gasteiger partial charge in [0.2, 0.25) is 0 Å². The van der Waals surface area contributed by atoms with E-state index < -0.39 is 18.0 Å². The van der Waals surface area contributed by atoms with Crippen molar-refractivity contribution in [3.05, 3.63) is 41.2 Å². The Balaban J connectivity index is 2.27. The number of aliphatic hydroxyl groups excluding tert-OH is 1. The number of nitrogens with zero attached hydrogens (tertiary/aromatic N) is 1. The van der Waals surface area contributed by atoms with Crippen LogP contribution in [0.4, 0.5) is 0 Å². The second-order valence-corrected chi connectivity index (χ2v) is 4.43. The number of benzene rings is 1. The summed E-state index contributed by atoms with van der Waals surface area (Å²) in [7, 11) is 0. The van der Waals surface area contributed by atoms with E-state index in [4.69, 9.17) is 21.8 Å². The molecule has 0 aliphatic carbocycles. The standard InChI is InChI=1S/C13H11ClN2O4/c14-11-8-4-2-1-3-7(8)9(5-15-11)12(18)16-6-10(17)13(19)20/h1-5,10,17H,6H2,(H,16,18)(H,19,20). The zero-order valence-corrected chi connectivity index (χ0v) is 11.0. The Labute approximate surface area is 119 Å². The van der Waals surface area contributed by atoms with Crippen molar-refractivity contribution >= 4 is 34.2 Å². The van der Waals surface area contributed by atoms with Crippen molar-refractivity contribution in [2.45, 2.75) is 6.10 Å². The van der Waals surface area contributed by atoms with Gasteiger partial charge in [0.05, 0.1) is 12.1 Å². The lowest BCUT2D eigenvalue weighted by Gasteiger charge is -2.10. The SMILES string of the molecule is O=C(NCC(O)C(=O)O)c1cnc(Cl)c2ccccc12. The number of aliphatic carboxylic acids is 1. The molecule has 0 fully saturated rings. The number of rotatable bonds is 4. The Bertz CT molecular complexity index is 674. The van der Waals surface area contributed by atoms with Gasteiger partial charge in [0, 0.05) is 11.6 Å². The second-order valence-electron chi connectivity index (χ2n) is 4.07. The van der Waals surface area contributed by atoms with E-state index in [9.17, 15) is 9.59 Å². The number of aliphatic hydroxyl groups is 1. The van der Waals surface area contributed by atoms with E-state index in [2.05, 4.69) is 10.3 Å². The van der Waals surface area contributed by atoms with Gasteiger partial charge in [0.15, 0.2) is 6.10 Å². The molecule has 0 radical (unpaired) electrons. The third-order valence-corrected chi connectivity index (χ3v) is 3.03. The third kappa shape index (κ3) is 2.87. The molecule has 2 aromatic rings. The quantitative estimate of drug-likeness (QED) is 0.732. The van der Waals surface area contributed by atoms with Gasteiger partial charge in [-0.15, -0.1) is 0 Å². The monoisotopic (exact) mass is 294 g/mol. The lowest BCUT2D eigenvalue weighted by molar-refractivity contribution is -0.146. The minimum Gasteiger partial charge on any atom is -0.479 e. The molecule has 104 valence electrons. The van der Waals surface area contributed by atoms with Gasteiger partial charge in [-0.05, 0) is 5.39 Å². The van der Waals surface area contributed by atoms with Gasteiger partial charge in [-0.25, -0.2) is 9.78 Å². The number of nitrogens with one attached hydrogen (secondary N) is 1. The predicted octanol–water partition coefficient (Wildman–Crippen LogP) is 1.06. The fraction of sp³-hybridized carbons (Fsp3) is 0.154. The van der Waals surface area contributed by atoms with E-state index in [0.29, 0.717) is 10.8 Å². The van der Waals surface area contributed by atoms with Crippen molar-refractivity contribution in [1.29, 1.82) is 0 Å². The average Bonchev–Trinajstić information content (AvgIpc) is 2.45. The number of halogens is 1. The molecule has 7 heteroatoms. The maximum absolute atomic E-state index is 12.0. The fourth-order valence-electron chi connectivity index (χ4n) is 1.71.